The first-order valence-corrected chi connectivity index (χ1v) is 11.9. The Labute approximate surface area is 194 Å². The number of halogens is 1. The van der Waals surface area contributed by atoms with Crippen LogP contribution in [-0.4, -0.2) is 25.9 Å². The summed E-state index contributed by atoms with van der Waals surface area (Å²) in [6.07, 6.45) is 0.692. The molecule has 0 spiro atoms. The van der Waals surface area contributed by atoms with Crippen LogP contribution in [0.3, 0.4) is 0 Å². The zero-order chi connectivity index (χ0) is 21.6. The van der Waals surface area contributed by atoms with E-state index in [1.165, 1.54) is 16.6 Å². The third kappa shape index (κ3) is 5.55. The average molecular weight is 469 g/mol. The van der Waals surface area contributed by atoms with Crippen LogP contribution in [0.15, 0.2) is 77.3 Å². The molecule has 2 aromatic heterocycles. The van der Waals surface area contributed by atoms with Gasteiger partial charge in [0, 0.05) is 28.6 Å². The van der Waals surface area contributed by atoms with Crippen molar-refractivity contribution >= 4 is 40.6 Å². The van der Waals surface area contributed by atoms with Crippen molar-refractivity contribution in [1.29, 1.82) is 0 Å². The monoisotopic (exact) mass is 468 g/mol. The highest BCUT2D eigenvalue weighted by Crippen LogP contribution is 2.27. The fourth-order valence-electron chi connectivity index (χ4n) is 3.04. The number of carbonyl (C=O) groups is 1. The number of para-hydroxylation sites is 1. The maximum Gasteiger partial charge on any atom is 0.233 e. The highest BCUT2D eigenvalue weighted by atomic mass is 35.5. The minimum absolute atomic E-state index is 0.0534. The van der Waals surface area contributed by atoms with E-state index < -0.39 is 0 Å². The van der Waals surface area contributed by atoms with E-state index in [1.54, 1.807) is 11.3 Å². The van der Waals surface area contributed by atoms with Gasteiger partial charge in [0.05, 0.1) is 5.25 Å². The second-order valence-corrected chi connectivity index (χ2v) is 9.71. The molecule has 0 fully saturated rings. The number of aromatic nitrogens is 3. The van der Waals surface area contributed by atoms with Crippen molar-refractivity contribution in [1.82, 2.24) is 20.1 Å². The maximum absolute atomic E-state index is 12.7. The number of thioether (sulfide) groups is 1. The van der Waals surface area contributed by atoms with Gasteiger partial charge in [-0.15, -0.1) is 21.5 Å². The lowest BCUT2D eigenvalue weighted by Crippen LogP contribution is -2.30. The molecule has 4 rings (SSSR count). The lowest BCUT2D eigenvalue weighted by Gasteiger charge is -2.14. The molecule has 8 heteroatoms. The molecule has 2 aromatic carbocycles. The quantitative estimate of drug-likeness (QED) is 0.353. The summed E-state index contributed by atoms with van der Waals surface area (Å²) in [5.41, 5.74) is 1.98. The zero-order valence-corrected chi connectivity index (χ0v) is 19.3. The molecule has 0 aliphatic carbocycles. The van der Waals surface area contributed by atoms with Gasteiger partial charge >= 0.3 is 0 Å². The number of hydrogen-bond acceptors (Lipinski definition) is 5. The van der Waals surface area contributed by atoms with E-state index in [2.05, 4.69) is 27.0 Å². The molecule has 0 aliphatic heterocycles. The van der Waals surface area contributed by atoms with Crippen molar-refractivity contribution in [2.24, 2.45) is 0 Å². The van der Waals surface area contributed by atoms with Gasteiger partial charge in [-0.3, -0.25) is 9.36 Å². The van der Waals surface area contributed by atoms with Crippen LogP contribution < -0.4 is 5.32 Å². The van der Waals surface area contributed by atoms with E-state index in [-0.39, 0.29) is 11.2 Å². The molecule has 0 saturated heterocycles. The van der Waals surface area contributed by atoms with Crippen LogP contribution in [0.5, 0.6) is 0 Å². The van der Waals surface area contributed by atoms with E-state index in [0.717, 1.165) is 17.1 Å². The topological polar surface area (TPSA) is 59.8 Å². The Bertz CT molecular complexity index is 1130. The summed E-state index contributed by atoms with van der Waals surface area (Å²) in [4.78, 5) is 13.9. The van der Waals surface area contributed by atoms with E-state index in [1.807, 2.05) is 72.2 Å². The first-order valence-electron chi connectivity index (χ1n) is 9.81. The molecular formula is C23H21ClN4OS2. The lowest BCUT2D eigenvalue weighted by molar-refractivity contribution is -0.120. The molecule has 0 bridgehead atoms. The summed E-state index contributed by atoms with van der Waals surface area (Å²) in [6, 6.07) is 21.6. The summed E-state index contributed by atoms with van der Waals surface area (Å²) in [7, 11) is 0. The van der Waals surface area contributed by atoms with Crippen LogP contribution in [0.2, 0.25) is 5.02 Å². The molecule has 31 heavy (non-hydrogen) atoms. The van der Waals surface area contributed by atoms with Gasteiger partial charge < -0.3 is 5.32 Å². The number of carbonyl (C=O) groups excluding carboxylic acids is 1. The summed E-state index contributed by atoms with van der Waals surface area (Å²) >= 11 is 9.02. The molecule has 1 amide bonds. The minimum Gasteiger partial charge on any atom is -0.351 e. The van der Waals surface area contributed by atoms with Crippen molar-refractivity contribution < 1.29 is 4.79 Å². The molecule has 0 radical (unpaired) electrons. The predicted molar refractivity (Wildman–Crippen MR) is 127 cm³/mol. The van der Waals surface area contributed by atoms with Crippen LogP contribution >= 0.6 is 34.7 Å². The number of amides is 1. The second-order valence-electron chi connectivity index (χ2n) is 6.93. The van der Waals surface area contributed by atoms with Gasteiger partial charge in [0.25, 0.3) is 0 Å². The number of rotatable bonds is 8. The number of benzene rings is 2. The molecule has 4 aromatic rings. The minimum atomic E-state index is -0.325. The Morgan fingerprint density at radius 2 is 1.87 bits per heavy atom. The lowest BCUT2D eigenvalue weighted by atomic mass is 10.2. The third-order valence-corrected chi connectivity index (χ3v) is 6.83. The summed E-state index contributed by atoms with van der Waals surface area (Å²) in [6.45, 7) is 2.33. The normalized spacial score (nSPS) is 11.9. The number of thiophene rings is 1. The Morgan fingerprint density at radius 3 is 2.58 bits per heavy atom. The van der Waals surface area contributed by atoms with Gasteiger partial charge in [0.1, 0.15) is 5.82 Å². The van der Waals surface area contributed by atoms with Crippen LogP contribution in [0, 0.1) is 0 Å². The van der Waals surface area contributed by atoms with E-state index in [0.29, 0.717) is 23.1 Å². The van der Waals surface area contributed by atoms with Gasteiger partial charge in [0.2, 0.25) is 5.91 Å². The third-order valence-electron chi connectivity index (χ3n) is 4.66. The molecule has 2 heterocycles. The molecule has 5 nitrogen and oxygen atoms in total. The van der Waals surface area contributed by atoms with Crippen molar-refractivity contribution in [3.63, 3.8) is 0 Å². The van der Waals surface area contributed by atoms with Crippen molar-refractivity contribution in [2.75, 3.05) is 0 Å². The van der Waals surface area contributed by atoms with Crippen molar-refractivity contribution in [3.8, 4) is 5.69 Å². The molecule has 158 valence electrons. The number of nitrogens with zero attached hydrogens (tertiary/aromatic N) is 3. The van der Waals surface area contributed by atoms with Gasteiger partial charge in [-0.2, -0.15) is 0 Å². The molecule has 1 atom stereocenters. The van der Waals surface area contributed by atoms with Gasteiger partial charge in [-0.05, 0) is 48.2 Å². The largest absolute Gasteiger partial charge is 0.351 e. The van der Waals surface area contributed by atoms with Crippen molar-refractivity contribution in [2.45, 2.75) is 30.3 Å². The van der Waals surface area contributed by atoms with Crippen LogP contribution in [-0.2, 0) is 17.8 Å². The van der Waals surface area contributed by atoms with Crippen LogP contribution in [0.4, 0.5) is 0 Å². The zero-order valence-electron chi connectivity index (χ0n) is 16.9. The molecule has 0 saturated carbocycles. The SMILES string of the molecule is CC(Sc1nnc(Cc2cccs2)n1-c1ccccc1)C(=O)NCc1ccc(Cl)cc1. The van der Waals surface area contributed by atoms with E-state index >= 15 is 0 Å². The summed E-state index contributed by atoms with van der Waals surface area (Å²) in [5.74, 6) is 0.798. The molecule has 0 aliphatic rings. The smallest absolute Gasteiger partial charge is 0.233 e. The van der Waals surface area contributed by atoms with Crippen LogP contribution in [0.1, 0.15) is 23.2 Å². The van der Waals surface area contributed by atoms with E-state index in [9.17, 15) is 4.79 Å². The highest BCUT2D eigenvalue weighted by molar-refractivity contribution is 8.00. The number of nitrogens with one attached hydrogen (secondary N) is 1. The first-order chi connectivity index (χ1) is 15.1. The second kappa shape index (κ2) is 10.1. The standard InChI is InChI=1S/C23H21ClN4OS2/c1-16(22(29)25-15-17-9-11-18(24)12-10-17)31-23-27-26-21(14-20-8-5-13-30-20)28(23)19-6-3-2-4-7-19/h2-13,16H,14-15H2,1H3,(H,25,29). The Hall–Kier alpha value is -2.61. The number of hydrogen-bond donors (Lipinski definition) is 1. The van der Waals surface area contributed by atoms with E-state index in [4.69, 9.17) is 11.6 Å². The first kappa shape index (κ1) is 21.6. The molecular weight excluding hydrogens is 448 g/mol. The fourth-order valence-corrected chi connectivity index (χ4v) is 4.78. The highest BCUT2D eigenvalue weighted by Gasteiger charge is 2.21. The van der Waals surface area contributed by atoms with Gasteiger partial charge in [-0.25, -0.2) is 0 Å². The van der Waals surface area contributed by atoms with Gasteiger partial charge in [-0.1, -0.05) is 59.8 Å². The summed E-state index contributed by atoms with van der Waals surface area (Å²) in [5, 5.41) is 14.9. The Kier molecular flexibility index (Phi) is 7.06. The van der Waals surface area contributed by atoms with Gasteiger partial charge in [0.15, 0.2) is 5.16 Å². The average Bonchev–Trinajstić information content (AvgIpc) is 3.44. The van der Waals surface area contributed by atoms with Crippen LogP contribution in [0.25, 0.3) is 5.69 Å². The summed E-state index contributed by atoms with van der Waals surface area (Å²) < 4.78 is 2.04. The Balaban J connectivity index is 1.49. The molecule has 1 unspecified atom stereocenters. The molecule has 1 N–H and O–H groups in total. The Morgan fingerprint density at radius 1 is 1.10 bits per heavy atom. The maximum atomic E-state index is 12.7. The predicted octanol–water partition coefficient (Wildman–Crippen LogP) is 5.37. The fraction of sp³-hybridized carbons (Fsp3) is 0.174. The van der Waals surface area contributed by atoms with Crippen molar-refractivity contribution in [3.05, 3.63) is 93.4 Å².